The minimum absolute atomic E-state index is 0.497. The molecule has 0 amide bonds. The fraction of sp³-hybridized carbons (Fsp3) is 0.364. The molecule has 0 aliphatic heterocycles. The molecule has 1 heterocycles. The van der Waals surface area contributed by atoms with Gasteiger partial charge >= 0.3 is 0 Å². The highest BCUT2D eigenvalue weighted by atomic mass is 15.2. The van der Waals surface area contributed by atoms with Crippen LogP contribution in [-0.2, 0) is 7.05 Å². The highest BCUT2D eigenvalue weighted by molar-refractivity contribution is 5.91. The molecule has 2 rings (SSSR count). The van der Waals surface area contributed by atoms with Crippen LogP contribution in [0.15, 0.2) is 18.3 Å². The molecule has 0 aliphatic carbocycles. The van der Waals surface area contributed by atoms with E-state index in [1.54, 1.807) is 0 Å². The van der Waals surface area contributed by atoms with Crippen LogP contribution in [0.2, 0.25) is 0 Å². The van der Waals surface area contributed by atoms with Gasteiger partial charge in [0.05, 0.1) is 11.7 Å². The maximum absolute atomic E-state index is 5.95. The number of benzene rings is 1. The van der Waals surface area contributed by atoms with Gasteiger partial charge in [-0.2, -0.15) is 5.10 Å². The van der Waals surface area contributed by atoms with Crippen LogP contribution in [0.25, 0.3) is 10.9 Å². The van der Waals surface area contributed by atoms with Gasteiger partial charge in [0.1, 0.15) is 0 Å². The average Bonchev–Trinajstić information content (AvgIpc) is 2.48. The van der Waals surface area contributed by atoms with Crippen molar-refractivity contribution in [1.29, 1.82) is 0 Å². The van der Waals surface area contributed by atoms with Crippen LogP contribution < -0.4 is 5.73 Å². The van der Waals surface area contributed by atoms with Gasteiger partial charge in [0.15, 0.2) is 0 Å². The van der Waals surface area contributed by atoms with Crippen LogP contribution >= 0.6 is 0 Å². The lowest BCUT2D eigenvalue weighted by molar-refractivity contribution is 0.794. The molecule has 0 fully saturated rings. The first-order valence-electron chi connectivity index (χ1n) is 4.80. The Labute approximate surface area is 83.5 Å². The Morgan fingerprint density at radius 2 is 2.07 bits per heavy atom. The molecule has 1 aromatic heterocycles. The van der Waals surface area contributed by atoms with Gasteiger partial charge in [0.2, 0.25) is 0 Å². The number of anilines is 1. The summed E-state index contributed by atoms with van der Waals surface area (Å²) in [6, 6.07) is 4.19. The molecule has 3 heteroatoms. The van der Waals surface area contributed by atoms with E-state index in [1.807, 2.05) is 24.0 Å². The molecular formula is C11H15N3. The first kappa shape index (κ1) is 9.06. The maximum Gasteiger partial charge on any atom is 0.0702 e. The third-order valence-corrected chi connectivity index (χ3v) is 2.59. The average molecular weight is 189 g/mol. The molecule has 0 saturated carbocycles. The smallest absolute Gasteiger partial charge is 0.0702 e. The molecule has 0 unspecified atom stereocenters. The topological polar surface area (TPSA) is 43.8 Å². The highest BCUT2D eigenvalue weighted by Gasteiger charge is 2.07. The van der Waals surface area contributed by atoms with Crippen LogP contribution in [0.1, 0.15) is 25.3 Å². The number of aryl methyl sites for hydroxylation is 1. The molecule has 0 saturated heterocycles. The van der Waals surface area contributed by atoms with Gasteiger partial charge in [-0.1, -0.05) is 13.8 Å². The maximum atomic E-state index is 5.95. The second-order valence-corrected chi connectivity index (χ2v) is 3.97. The van der Waals surface area contributed by atoms with Crippen LogP contribution in [0.4, 0.5) is 5.69 Å². The third-order valence-electron chi connectivity index (χ3n) is 2.59. The van der Waals surface area contributed by atoms with Gasteiger partial charge in [-0.3, -0.25) is 4.68 Å². The summed E-state index contributed by atoms with van der Waals surface area (Å²) < 4.78 is 1.86. The summed E-state index contributed by atoms with van der Waals surface area (Å²) in [6.45, 7) is 4.33. The van der Waals surface area contributed by atoms with E-state index in [1.165, 1.54) is 5.56 Å². The Hall–Kier alpha value is -1.51. The quantitative estimate of drug-likeness (QED) is 0.699. The first-order valence-corrected chi connectivity index (χ1v) is 4.80. The van der Waals surface area contributed by atoms with Crippen LogP contribution in [-0.4, -0.2) is 9.78 Å². The minimum Gasteiger partial charge on any atom is -0.398 e. The second-order valence-electron chi connectivity index (χ2n) is 3.97. The Bertz CT molecular complexity index is 469. The Balaban J connectivity index is 2.75. The van der Waals surface area contributed by atoms with Gasteiger partial charge < -0.3 is 5.73 Å². The zero-order valence-corrected chi connectivity index (χ0v) is 8.78. The zero-order chi connectivity index (χ0) is 10.3. The molecule has 2 aromatic rings. The highest BCUT2D eigenvalue weighted by Crippen LogP contribution is 2.26. The van der Waals surface area contributed by atoms with Crippen molar-refractivity contribution >= 4 is 16.6 Å². The van der Waals surface area contributed by atoms with Crippen LogP contribution in [0.5, 0.6) is 0 Å². The summed E-state index contributed by atoms with van der Waals surface area (Å²) in [6.07, 6.45) is 1.81. The lowest BCUT2D eigenvalue weighted by Crippen LogP contribution is -1.95. The Morgan fingerprint density at radius 3 is 2.71 bits per heavy atom. The summed E-state index contributed by atoms with van der Waals surface area (Å²) in [5, 5.41) is 5.23. The minimum atomic E-state index is 0.497. The number of fused-ring (bicyclic) bond motifs is 1. The van der Waals surface area contributed by atoms with E-state index in [-0.39, 0.29) is 0 Å². The van der Waals surface area contributed by atoms with E-state index in [2.05, 4.69) is 25.0 Å². The van der Waals surface area contributed by atoms with Crippen molar-refractivity contribution in [2.45, 2.75) is 19.8 Å². The second kappa shape index (κ2) is 3.01. The SMILES string of the molecule is CC(C)c1cc(N)c2cnn(C)c2c1. The summed E-state index contributed by atoms with van der Waals surface area (Å²) in [4.78, 5) is 0. The number of aromatic nitrogens is 2. The van der Waals surface area contributed by atoms with Crippen molar-refractivity contribution in [2.24, 2.45) is 7.05 Å². The van der Waals surface area contributed by atoms with Crippen LogP contribution in [0.3, 0.4) is 0 Å². The molecule has 0 bridgehead atoms. The van der Waals surface area contributed by atoms with Gasteiger partial charge in [0, 0.05) is 18.1 Å². The van der Waals surface area contributed by atoms with E-state index in [0.717, 1.165) is 16.6 Å². The fourth-order valence-electron chi connectivity index (χ4n) is 1.63. The molecule has 3 nitrogen and oxygen atoms in total. The van der Waals surface area contributed by atoms with E-state index in [0.29, 0.717) is 5.92 Å². The van der Waals surface area contributed by atoms with E-state index < -0.39 is 0 Å². The van der Waals surface area contributed by atoms with E-state index >= 15 is 0 Å². The Morgan fingerprint density at radius 1 is 1.36 bits per heavy atom. The van der Waals surface area contributed by atoms with E-state index in [9.17, 15) is 0 Å². The van der Waals surface area contributed by atoms with Gasteiger partial charge in [0.25, 0.3) is 0 Å². The van der Waals surface area contributed by atoms with Crippen molar-refractivity contribution in [3.63, 3.8) is 0 Å². The predicted molar refractivity (Wildman–Crippen MR) is 59.2 cm³/mol. The molecule has 0 atom stereocenters. The Kier molecular flexibility index (Phi) is 1.95. The molecule has 1 aromatic carbocycles. The summed E-state index contributed by atoms with van der Waals surface area (Å²) >= 11 is 0. The molecule has 0 spiro atoms. The largest absolute Gasteiger partial charge is 0.398 e. The van der Waals surface area contributed by atoms with E-state index in [4.69, 9.17) is 5.73 Å². The van der Waals surface area contributed by atoms with Crippen molar-refractivity contribution in [3.8, 4) is 0 Å². The number of nitrogen functional groups attached to an aromatic ring is 1. The summed E-state index contributed by atoms with van der Waals surface area (Å²) in [5.74, 6) is 0.497. The number of hydrogen-bond acceptors (Lipinski definition) is 2. The molecule has 14 heavy (non-hydrogen) atoms. The number of hydrogen-bond donors (Lipinski definition) is 1. The van der Waals surface area contributed by atoms with Crippen molar-refractivity contribution in [1.82, 2.24) is 9.78 Å². The number of nitrogens with two attached hydrogens (primary N) is 1. The summed E-state index contributed by atoms with van der Waals surface area (Å²) in [5.41, 5.74) is 9.14. The van der Waals surface area contributed by atoms with Crippen molar-refractivity contribution in [2.75, 3.05) is 5.73 Å². The van der Waals surface area contributed by atoms with Gasteiger partial charge in [-0.15, -0.1) is 0 Å². The van der Waals surface area contributed by atoms with Crippen LogP contribution in [0, 0.1) is 0 Å². The van der Waals surface area contributed by atoms with Crippen molar-refractivity contribution < 1.29 is 0 Å². The molecule has 0 aliphatic rings. The number of rotatable bonds is 1. The van der Waals surface area contributed by atoms with Crippen molar-refractivity contribution in [3.05, 3.63) is 23.9 Å². The predicted octanol–water partition coefficient (Wildman–Crippen LogP) is 2.28. The fourth-order valence-corrected chi connectivity index (χ4v) is 1.63. The lowest BCUT2D eigenvalue weighted by atomic mass is 10.0. The molecular weight excluding hydrogens is 174 g/mol. The lowest BCUT2D eigenvalue weighted by Gasteiger charge is -2.07. The molecule has 2 N–H and O–H groups in total. The first-order chi connectivity index (χ1) is 6.59. The van der Waals surface area contributed by atoms with Gasteiger partial charge in [-0.25, -0.2) is 0 Å². The third kappa shape index (κ3) is 1.25. The normalized spacial score (nSPS) is 11.4. The standard InChI is InChI=1S/C11H15N3/c1-7(2)8-4-10(12)9-6-13-14(3)11(9)5-8/h4-7H,12H2,1-3H3. The molecule has 74 valence electrons. The summed E-state index contributed by atoms with van der Waals surface area (Å²) in [7, 11) is 1.94. The zero-order valence-electron chi connectivity index (χ0n) is 8.78. The van der Waals surface area contributed by atoms with Gasteiger partial charge in [-0.05, 0) is 23.6 Å². The monoisotopic (exact) mass is 189 g/mol. The number of nitrogens with zero attached hydrogens (tertiary/aromatic N) is 2. The molecule has 0 radical (unpaired) electrons.